The van der Waals surface area contributed by atoms with Crippen LogP contribution in [0.5, 0.6) is 0 Å². The summed E-state index contributed by atoms with van der Waals surface area (Å²) in [6.07, 6.45) is -0.381. The molecule has 1 aliphatic rings. The fraction of sp³-hybridized carbons (Fsp3) is 0.350. The van der Waals surface area contributed by atoms with E-state index in [-0.39, 0.29) is 42.4 Å². The third-order valence-corrected chi connectivity index (χ3v) is 6.42. The summed E-state index contributed by atoms with van der Waals surface area (Å²) in [6, 6.07) is 12.9. The third-order valence-electron chi connectivity index (χ3n) is 4.35. The molecule has 0 aliphatic carbocycles. The Morgan fingerprint density at radius 3 is 2.50 bits per heavy atom. The van der Waals surface area contributed by atoms with Crippen molar-refractivity contribution in [1.29, 1.82) is 0 Å². The van der Waals surface area contributed by atoms with Crippen molar-refractivity contribution >= 4 is 27.6 Å². The van der Waals surface area contributed by atoms with Crippen molar-refractivity contribution < 1.29 is 22.7 Å². The summed E-state index contributed by atoms with van der Waals surface area (Å²) in [6.45, 7) is 4.27. The fourth-order valence-electron chi connectivity index (χ4n) is 3.12. The lowest BCUT2D eigenvalue weighted by Crippen LogP contribution is -2.48. The van der Waals surface area contributed by atoms with Crippen molar-refractivity contribution in [2.45, 2.75) is 37.6 Å². The van der Waals surface area contributed by atoms with Crippen LogP contribution in [0.2, 0.25) is 5.02 Å². The molecule has 0 saturated carbocycles. The van der Waals surface area contributed by atoms with Gasteiger partial charge in [0.2, 0.25) is 10.0 Å². The maximum atomic E-state index is 13.0. The maximum absolute atomic E-state index is 13.0. The quantitative estimate of drug-likeness (QED) is 0.688. The number of halogens is 1. The van der Waals surface area contributed by atoms with Crippen molar-refractivity contribution in [3.63, 3.8) is 0 Å². The maximum Gasteiger partial charge on any atom is 0.338 e. The Morgan fingerprint density at radius 1 is 1.14 bits per heavy atom. The number of rotatable bonds is 5. The highest BCUT2D eigenvalue weighted by atomic mass is 35.5. The number of carbonyl (C=O) groups excluding carboxylic acids is 1. The van der Waals surface area contributed by atoms with Crippen LogP contribution in [0.25, 0.3) is 0 Å². The highest BCUT2D eigenvalue weighted by molar-refractivity contribution is 7.89. The first kappa shape index (κ1) is 20.8. The number of hydrogen-bond donors (Lipinski definition) is 0. The average Bonchev–Trinajstić information content (AvgIpc) is 2.65. The fourth-order valence-corrected chi connectivity index (χ4v) is 4.97. The second-order valence-electron chi connectivity index (χ2n) is 6.81. The van der Waals surface area contributed by atoms with Gasteiger partial charge in [-0.25, -0.2) is 13.2 Å². The minimum Gasteiger partial charge on any atom is -0.457 e. The number of morpholine rings is 1. The lowest BCUT2D eigenvalue weighted by atomic mass is 10.2. The third kappa shape index (κ3) is 4.91. The molecule has 1 fully saturated rings. The van der Waals surface area contributed by atoms with Crippen molar-refractivity contribution in [2.75, 3.05) is 13.1 Å². The van der Waals surface area contributed by atoms with Gasteiger partial charge in [0.05, 0.1) is 22.7 Å². The van der Waals surface area contributed by atoms with E-state index >= 15 is 0 Å². The first-order chi connectivity index (χ1) is 13.3. The minimum atomic E-state index is -3.73. The van der Waals surface area contributed by atoms with E-state index < -0.39 is 16.0 Å². The summed E-state index contributed by atoms with van der Waals surface area (Å²) in [5.74, 6) is -0.597. The van der Waals surface area contributed by atoms with Gasteiger partial charge in [0.15, 0.2) is 0 Å². The Morgan fingerprint density at radius 2 is 1.82 bits per heavy atom. The van der Waals surface area contributed by atoms with E-state index in [1.807, 2.05) is 13.8 Å². The number of hydrogen-bond acceptors (Lipinski definition) is 5. The largest absolute Gasteiger partial charge is 0.457 e. The summed E-state index contributed by atoms with van der Waals surface area (Å²) in [4.78, 5) is 12.4. The highest BCUT2D eigenvalue weighted by Gasteiger charge is 2.32. The molecular weight excluding hydrogens is 402 g/mol. The van der Waals surface area contributed by atoms with E-state index in [9.17, 15) is 13.2 Å². The van der Waals surface area contributed by atoms with Gasteiger partial charge in [0.25, 0.3) is 0 Å². The molecule has 1 aliphatic heterocycles. The molecule has 8 heteroatoms. The average molecular weight is 424 g/mol. The molecule has 6 nitrogen and oxygen atoms in total. The summed E-state index contributed by atoms with van der Waals surface area (Å²) in [5.41, 5.74) is 0.929. The van der Waals surface area contributed by atoms with Gasteiger partial charge in [-0.05, 0) is 49.7 Å². The molecule has 3 rings (SSSR count). The molecule has 28 heavy (non-hydrogen) atoms. The van der Waals surface area contributed by atoms with E-state index in [4.69, 9.17) is 21.1 Å². The van der Waals surface area contributed by atoms with E-state index in [0.29, 0.717) is 5.02 Å². The predicted octanol–water partition coefficient (Wildman–Crippen LogP) is 3.49. The molecule has 2 aromatic carbocycles. The first-order valence-corrected chi connectivity index (χ1v) is 10.7. The van der Waals surface area contributed by atoms with Crippen LogP contribution in [0.3, 0.4) is 0 Å². The van der Waals surface area contributed by atoms with Gasteiger partial charge in [-0.3, -0.25) is 0 Å². The molecule has 2 aromatic rings. The number of nitrogens with zero attached hydrogens (tertiary/aromatic N) is 1. The molecule has 1 saturated heterocycles. The number of benzene rings is 2. The van der Waals surface area contributed by atoms with Gasteiger partial charge < -0.3 is 9.47 Å². The Balaban J connectivity index is 1.74. The lowest BCUT2D eigenvalue weighted by Gasteiger charge is -2.34. The Hall–Kier alpha value is -1.93. The zero-order valence-corrected chi connectivity index (χ0v) is 17.2. The molecule has 0 amide bonds. The minimum absolute atomic E-state index is 0.0505. The Labute approximate surface area is 170 Å². The predicted molar refractivity (Wildman–Crippen MR) is 106 cm³/mol. The molecular formula is C20H22ClNO5S. The highest BCUT2D eigenvalue weighted by Crippen LogP contribution is 2.22. The molecule has 0 N–H and O–H groups in total. The van der Waals surface area contributed by atoms with Gasteiger partial charge in [-0.1, -0.05) is 29.8 Å². The second kappa shape index (κ2) is 8.61. The van der Waals surface area contributed by atoms with Crippen LogP contribution in [0.4, 0.5) is 0 Å². The Kier molecular flexibility index (Phi) is 6.40. The second-order valence-corrected chi connectivity index (χ2v) is 9.19. The van der Waals surface area contributed by atoms with Gasteiger partial charge in [-0.15, -0.1) is 0 Å². The normalized spacial score (nSPS) is 20.7. The molecule has 2 atom stereocenters. The van der Waals surface area contributed by atoms with Crippen molar-refractivity contribution in [1.82, 2.24) is 4.31 Å². The Bertz CT molecular complexity index is 953. The SMILES string of the molecule is CC1CN(S(=O)(=O)c2cccc(C(=O)OCc3cccc(Cl)c3)c2)CC(C)O1. The van der Waals surface area contributed by atoms with Crippen LogP contribution in [-0.2, 0) is 26.1 Å². The van der Waals surface area contributed by atoms with E-state index in [1.165, 1.54) is 28.6 Å². The van der Waals surface area contributed by atoms with Gasteiger partial charge in [0, 0.05) is 18.1 Å². The van der Waals surface area contributed by atoms with Crippen LogP contribution >= 0.6 is 11.6 Å². The zero-order valence-electron chi connectivity index (χ0n) is 15.7. The van der Waals surface area contributed by atoms with E-state index in [1.54, 1.807) is 24.3 Å². The summed E-state index contributed by atoms with van der Waals surface area (Å²) in [5, 5.41) is 0.551. The zero-order chi connectivity index (χ0) is 20.3. The molecule has 0 bridgehead atoms. The lowest BCUT2D eigenvalue weighted by molar-refractivity contribution is -0.0440. The molecule has 0 spiro atoms. The smallest absolute Gasteiger partial charge is 0.338 e. The van der Waals surface area contributed by atoms with Gasteiger partial charge in [-0.2, -0.15) is 4.31 Å². The van der Waals surface area contributed by atoms with Crippen LogP contribution < -0.4 is 0 Å². The standard InChI is InChI=1S/C20H22ClNO5S/c1-14-11-22(12-15(2)27-14)28(24,25)19-8-4-6-17(10-19)20(23)26-13-16-5-3-7-18(21)9-16/h3-10,14-15H,11-13H2,1-2H3. The molecule has 1 heterocycles. The number of carbonyl (C=O) groups is 1. The topological polar surface area (TPSA) is 72.9 Å². The van der Waals surface area contributed by atoms with Gasteiger partial charge in [0.1, 0.15) is 6.61 Å². The van der Waals surface area contributed by atoms with Crippen LogP contribution in [0.15, 0.2) is 53.4 Å². The number of sulfonamides is 1. The summed E-state index contributed by atoms with van der Waals surface area (Å²) in [7, 11) is -3.73. The molecule has 0 radical (unpaired) electrons. The van der Waals surface area contributed by atoms with Crippen molar-refractivity contribution in [3.05, 3.63) is 64.7 Å². The van der Waals surface area contributed by atoms with Crippen LogP contribution in [0.1, 0.15) is 29.8 Å². The molecule has 0 aromatic heterocycles. The monoisotopic (exact) mass is 423 g/mol. The van der Waals surface area contributed by atoms with E-state index in [2.05, 4.69) is 0 Å². The van der Waals surface area contributed by atoms with Gasteiger partial charge >= 0.3 is 5.97 Å². The molecule has 2 unspecified atom stereocenters. The summed E-state index contributed by atoms with van der Waals surface area (Å²) < 4.78 is 38.2. The van der Waals surface area contributed by atoms with Crippen LogP contribution in [0, 0.1) is 0 Å². The van der Waals surface area contributed by atoms with E-state index in [0.717, 1.165) is 5.56 Å². The van der Waals surface area contributed by atoms with Crippen LogP contribution in [-0.4, -0.2) is 44.0 Å². The van der Waals surface area contributed by atoms with Crippen molar-refractivity contribution in [2.24, 2.45) is 0 Å². The summed E-state index contributed by atoms with van der Waals surface area (Å²) >= 11 is 5.92. The van der Waals surface area contributed by atoms with Crippen molar-refractivity contribution in [3.8, 4) is 0 Å². The molecule has 150 valence electrons. The number of ether oxygens (including phenoxy) is 2. The number of esters is 1. The first-order valence-electron chi connectivity index (χ1n) is 8.93.